The first kappa shape index (κ1) is 14.6. The number of hydrogen-bond acceptors (Lipinski definition) is 3. The Morgan fingerprint density at radius 2 is 2.15 bits per heavy atom. The molecule has 0 aromatic heterocycles. The summed E-state index contributed by atoms with van der Waals surface area (Å²) < 4.78 is 5.36. The van der Waals surface area contributed by atoms with Crippen LogP contribution in [-0.2, 0) is 11.3 Å². The molecule has 0 unspecified atom stereocenters. The Hall–Kier alpha value is -1.81. The molecular weight excluding hydrogens is 254 g/mol. The Kier molecular flexibility index (Phi) is 5.62. The zero-order valence-electron chi connectivity index (χ0n) is 11.6. The maximum Gasteiger partial charge on any atom is 0.410 e. The lowest BCUT2D eigenvalue weighted by atomic mass is 10.1. The van der Waals surface area contributed by atoms with Crippen LogP contribution in [0.25, 0.3) is 0 Å². The molecule has 1 aliphatic rings. The predicted octanol–water partition coefficient (Wildman–Crippen LogP) is 2.73. The quantitative estimate of drug-likeness (QED) is 0.841. The van der Waals surface area contributed by atoms with Crippen molar-refractivity contribution in [3.63, 3.8) is 0 Å². The van der Waals surface area contributed by atoms with Gasteiger partial charge >= 0.3 is 6.09 Å². The average molecular weight is 275 g/mol. The van der Waals surface area contributed by atoms with E-state index < -0.39 is 0 Å². The third kappa shape index (κ3) is 4.10. The van der Waals surface area contributed by atoms with Crippen LogP contribution in [0.3, 0.4) is 0 Å². The highest BCUT2D eigenvalue weighted by molar-refractivity contribution is 5.68. The second-order valence-electron chi connectivity index (χ2n) is 4.92. The summed E-state index contributed by atoms with van der Waals surface area (Å²) in [5, 5.41) is 8.73. The SMILES string of the molecule is O=C(OCc1ccccc1)N1CCC[C@@H]1CC=CCO. The van der Waals surface area contributed by atoms with E-state index in [0.29, 0.717) is 6.61 Å². The first-order valence-corrected chi connectivity index (χ1v) is 7.04. The highest BCUT2D eigenvalue weighted by Crippen LogP contribution is 2.21. The standard InChI is InChI=1S/C16H21NO3/c18-12-5-4-9-15-10-6-11-17(15)16(19)20-13-14-7-2-1-3-8-14/h1-5,7-8,15,18H,6,9-13H2/t15-/m0/s1. The second kappa shape index (κ2) is 7.70. The van der Waals surface area contributed by atoms with Crippen molar-refractivity contribution in [3.8, 4) is 0 Å². The van der Waals surface area contributed by atoms with Gasteiger partial charge in [-0.2, -0.15) is 0 Å². The van der Waals surface area contributed by atoms with Crippen molar-refractivity contribution in [1.29, 1.82) is 0 Å². The van der Waals surface area contributed by atoms with Crippen molar-refractivity contribution in [2.24, 2.45) is 0 Å². The summed E-state index contributed by atoms with van der Waals surface area (Å²) in [7, 11) is 0. The maximum atomic E-state index is 12.1. The van der Waals surface area contributed by atoms with Crippen molar-refractivity contribution in [1.82, 2.24) is 4.90 Å². The van der Waals surface area contributed by atoms with E-state index in [9.17, 15) is 4.79 Å². The number of hydrogen-bond donors (Lipinski definition) is 1. The molecule has 1 aromatic carbocycles. The fraction of sp³-hybridized carbons (Fsp3) is 0.438. The van der Waals surface area contributed by atoms with Crippen LogP contribution in [0, 0.1) is 0 Å². The molecule has 0 spiro atoms. The van der Waals surface area contributed by atoms with E-state index in [1.165, 1.54) is 0 Å². The maximum absolute atomic E-state index is 12.1. The third-order valence-corrected chi connectivity index (χ3v) is 3.50. The minimum Gasteiger partial charge on any atom is -0.445 e. The summed E-state index contributed by atoms with van der Waals surface area (Å²) in [6.45, 7) is 1.12. The van der Waals surface area contributed by atoms with E-state index in [2.05, 4.69) is 0 Å². The molecule has 1 heterocycles. The lowest BCUT2D eigenvalue weighted by molar-refractivity contribution is 0.0924. The number of aliphatic hydroxyl groups is 1. The Morgan fingerprint density at radius 1 is 1.35 bits per heavy atom. The molecule has 0 bridgehead atoms. The van der Waals surface area contributed by atoms with Gasteiger partial charge in [0.25, 0.3) is 0 Å². The molecule has 108 valence electrons. The summed E-state index contributed by atoms with van der Waals surface area (Å²) in [4.78, 5) is 13.9. The minimum absolute atomic E-state index is 0.0468. The molecule has 4 nitrogen and oxygen atoms in total. The molecule has 0 radical (unpaired) electrons. The van der Waals surface area contributed by atoms with Gasteiger partial charge in [-0.25, -0.2) is 4.79 Å². The third-order valence-electron chi connectivity index (χ3n) is 3.50. The van der Waals surface area contributed by atoms with Gasteiger partial charge in [0, 0.05) is 12.6 Å². The molecule has 1 saturated heterocycles. The molecule has 1 amide bonds. The number of nitrogens with zero attached hydrogens (tertiary/aromatic N) is 1. The van der Waals surface area contributed by atoms with E-state index >= 15 is 0 Å². The van der Waals surface area contributed by atoms with Crippen LogP contribution in [0.4, 0.5) is 4.79 Å². The summed E-state index contributed by atoms with van der Waals surface area (Å²) in [5.74, 6) is 0. The van der Waals surface area contributed by atoms with Gasteiger partial charge in [0.1, 0.15) is 6.61 Å². The van der Waals surface area contributed by atoms with Gasteiger partial charge in [0.05, 0.1) is 6.61 Å². The van der Waals surface area contributed by atoms with Crippen LogP contribution in [0.1, 0.15) is 24.8 Å². The molecule has 1 fully saturated rings. The van der Waals surface area contributed by atoms with Gasteiger partial charge in [0.2, 0.25) is 0 Å². The number of carbonyl (C=O) groups is 1. The Bertz CT molecular complexity index is 444. The van der Waals surface area contributed by atoms with Gasteiger partial charge in [-0.05, 0) is 24.8 Å². The fourth-order valence-corrected chi connectivity index (χ4v) is 2.45. The second-order valence-corrected chi connectivity index (χ2v) is 4.92. The molecule has 20 heavy (non-hydrogen) atoms. The van der Waals surface area contributed by atoms with Gasteiger partial charge in [-0.3, -0.25) is 0 Å². The first-order chi connectivity index (χ1) is 9.81. The van der Waals surface area contributed by atoms with Crippen molar-refractivity contribution in [2.75, 3.05) is 13.2 Å². The number of amides is 1. The number of likely N-dealkylation sites (tertiary alicyclic amines) is 1. The molecule has 1 aliphatic heterocycles. The van der Waals surface area contributed by atoms with Crippen molar-refractivity contribution in [3.05, 3.63) is 48.0 Å². The Balaban J connectivity index is 1.83. The number of carbonyl (C=O) groups excluding carboxylic acids is 1. The average Bonchev–Trinajstić information content (AvgIpc) is 2.95. The zero-order valence-corrected chi connectivity index (χ0v) is 11.6. The van der Waals surface area contributed by atoms with Crippen molar-refractivity contribution >= 4 is 6.09 Å². The molecule has 4 heteroatoms. The number of rotatable bonds is 5. The van der Waals surface area contributed by atoms with Crippen LogP contribution in [0.5, 0.6) is 0 Å². The van der Waals surface area contributed by atoms with Crippen molar-refractivity contribution in [2.45, 2.75) is 31.9 Å². The van der Waals surface area contributed by atoms with Gasteiger partial charge in [0.15, 0.2) is 0 Å². The van der Waals surface area contributed by atoms with Crippen LogP contribution < -0.4 is 0 Å². The van der Waals surface area contributed by atoms with E-state index in [4.69, 9.17) is 9.84 Å². The minimum atomic E-state index is -0.242. The Labute approximate surface area is 119 Å². The number of ether oxygens (including phenoxy) is 1. The van der Waals surface area contributed by atoms with E-state index in [1.54, 1.807) is 11.0 Å². The molecule has 2 rings (SSSR count). The Morgan fingerprint density at radius 3 is 2.90 bits per heavy atom. The lowest BCUT2D eigenvalue weighted by Crippen LogP contribution is -2.35. The topological polar surface area (TPSA) is 49.8 Å². The number of aliphatic hydroxyl groups excluding tert-OH is 1. The highest BCUT2D eigenvalue weighted by Gasteiger charge is 2.28. The normalized spacial score (nSPS) is 18.6. The summed E-state index contributed by atoms with van der Waals surface area (Å²) in [6.07, 6.45) is 6.18. The lowest BCUT2D eigenvalue weighted by Gasteiger charge is -2.23. The van der Waals surface area contributed by atoms with Gasteiger partial charge in [-0.15, -0.1) is 0 Å². The van der Waals surface area contributed by atoms with Gasteiger partial charge < -0.3 is 14.7 Å². The zero-order chi connectivity index (χ0) is 14.2. The smallest absolute Gasteiger partial charge is 0.410 e. The highest BCUT2D eigenvalue weighted by atomic mass is 16.6. The van der Waals surface area contributed by atoms with Crippen LogP contribution in [0.2, 0.25) is 0 Å². The summed E-state index contributed by atoms with van der Waals surface area (Å²) in [5.41, 5.74) is 0.997. The molecule has 1 aromatic rings. The van der Waals surface area contributed by atoms with Crippen LogP contribution in [0.15, 0.2) is 42.5 Å². The first-order valence-electron chi connectivity index (χ1n) is 7.04. The van der Waals surface area contributed by atoms with E-state index in [-0.39, 0.29) is 18.7 Å². The molecule has 1 atom stereocenters. The van der Waals surface area contributed by atoms with Gasteiger partial charge in [-0.1, -0.05) is 42.5 Å². The van der Waals surface area contributed by atoms with E-state index in [0.717, 1.165) is 31.4 Å². The molecule has 0 aliphatic carbocycles. The molecule has 1 N–H and O–H groups in total. The number of benzene rings is 1. The van der Waals surface area contributed by atoms with Crippen LogP contribution in [-0.4, -0.2) is 35.3 Å². The molecular formula is C16H21NO3. The predicted molar refractivity (Wildman–Crippen MR) is 77.2 cm³/mol. The summed E-state index contributed by atoms with van der Waals surface area (Å²) >= 11 is 0. The van der Waals surface area contributed by atoms with Crippen molar-refractivity contribution < 1.29 is 14.6 Å². The summed E-state index contributed by atoms with van der Waals surface area (Å²) in [6, 6.07) is 9.89. The molecule has 0 saturated carbocycles. The monoisotopic (exact) mass is 275 g/mol. The van der Waals surface area contributed by atoms with Crippen LogP contribution >= 0.6 is 0 Å². The van der Waals surface area contributed by atoms with E-state index in [1.807, 2.05) is 36.4 Å². The fourth-order valence-electron chi connectivity index (χ4n) is 2.45. The largest absolute Gasteiger partial charge is 0.445 e.